The van der Waals surface area contributed by atoms with Crippen LogP contribution in [0.4, 0.5) is 11.4 Å². The summed E-state index contributed by atoms with van der Waals surface area (Å²) in [7, 11) is 2.87. The first-order chi connectivity index (χ1) is 9.19. The van der Waals surface area contributed by atoms with Crippen LogP contribution in [0.15, 0.2) is 23.1 Å². The monoisotopic (exact) mass is 300 g/mol. The molecule has 3 N–H and O–H groups in total. The van der Waals surface area contributed by atoms with Gasteiger partial charge in [0.1, 0.15) is 0 Å². The normalized spacial score (nSPS) is 11.2. The van der Waals surface area contributed by atoms with Crippen molar-refractivity contribution in [2.24, 2.45) is 0 Å². The lowest BCUT2D eigenvalue weighted by molar-refractivity contribution is -0.127. The van der Waals surface area contributed by atoms with Crippen molar-refractivity contribution in [3.63, 3.8) is 0 Å². The number of rotatable bonds is 5. The smallest absolute Gasteiger partial charge is 0.241 e. The average Bonchev–Trinajstić information content (AvgIpc) is 2.38. The molecular weight excluding hydrogens is 280 g/mol. The number of amides is 1. The Labute approximate surface area is 119 Å². The number of carbonyl (C=O) groups is 1. The highest BCUT2D eigenvalue weighted by Crippen LogP contribution is 2.25. The predicted molar refractivity (Wildman–Crippen MR) is 79.1 cm³/mol. The Morgan fingerprint density at radius 2 is 1.90 bits per heavy atom. The van der Waals surface area contributed by atoms with E-state index in [1.54, 1.807) is 32.1 Å². The highest BCUT2D eigenvalue weighted by atomic mass is 32.2. The molecule has 1 aromatic carbocycles. The zero-order chi connectivity index (χ0) is 15.5. The Balaban J connectivity index is 3.02. The predicted octanol–water partition coefficient (Wildman–Crippen LogP) is -0.299. The molecule has 0 unspecified atom stereocenters. The number of hydrogen-bond donors (Lipinski definition) is 2. The fraction of sp³-hybridized carbons (Fsp3) is 0.417. The molecule has 20 heavy (non-hydrogen) atoms. The van der Waals surface area contributed by atoms with Crippen LogP contribution in [0.1, 0.15) is 0 Å². The molecule has 0 radical (unpaired) electrons. The summed E-state index contributed by atoms with van der Waals surface area (Å²) in [6.07, 6.45) is 0. The lowest BCUT2D eigenvalue weighted by atomic mass is 10.2. The summed E-state index contributed by atoms with van der Waals surface area (Å²) in [6.45, 7) is 0.162. The Morgan fingerprint density at radius 1 is 1.30 bits per heavy atom. The third-order valence-electron chi connectivity index (χ3n) is 2.86. The van der Waals surface area contributed by atoms with E-state index in [-0.39, 0.29) is 17.3 Å². The van der Waals surface area contributed by atoms with E-state index in [2.05, 4.69) is 4.72 Å². The van der Waals surface area contributed by atoms with Crippen LogP contribution in [0, 0.1) is 0 Å². The molecule has 1 amide bonds. The number of nitrogens with zero attached hydrogens (tertiary/aromatic N) is 2. The van der Waals surface area contributed by atoms with Crippen LogP contribution in [0.3, 0.4) is 0 Å². The second-order valence-corrected chi connectivity index (χ2v) is 6.46. The van der Waals surface area contributed by atoms with Gasteiger partial charge in [-0.25, -0.2) is 13.1 Å². The summed E-state index contributed by atoms with van der Waals surface area (Å²) in [6, 6.07) is 4.41. The van der Waals surface area contributed by atoms with Gasteiger partial charge < -0.3 is 15.5 Å². The topological polar surface area (TPSA) is 95.7 Å². The number of nitrogens with one attached hydrogen (secondary N) is 1. The van der Waals surface area contributed by atoms with E-state index in [1.807, 2.05) is 0 Å². The standard InChI is InChI=1S/C12H20N4O3S/c1-14-20(18,19)9-5-6-11(10(13)7-9)16(4)8-12(17)15(2)3/h5-7,14H,8,13H2,1-4H3. The van der Waals surface area contributed by atoms with E-state index in [9.17, 15) is 13.2 Å². The minimum atomic E-state index is -3.52. The number of benzene rings is 1. The van der Waals surface area contributed by atoms with Gasteiger partial charge in [0.15, 0.2) is 0 Å². The summed E-state index contributed by atoms with van der Waals surface area (Å²) in [4.78, 5) is 14.9. The van der Waals surface area contributed by atoms with Crippen molar-refractivity contribution in [3.05, 3.63) is 18.2 Å². The van der Waals surface area contributed by atoms with Crippen molar-refractivity contribution in [2.45, 2.75) is 4.90 Å². The average molecular weight is 300 g/mol. The third-order valence-corrected chi connectivity index (χ3v) is 4.27. The van der Waals surface area contributed by atoms with Gasteiger partial charge in [-0.1, -0.05) is 0 Å². The fourth-order valence-corrected chi connectivity index (χ4v) is 2.36. The molecule has 112 valence electrons. The summed E-state index contributed by atoms with van der Waals surface area (Å²) < 4.78 is 25.5. The number of hydrogen-bond acceptors (Lipinski definition) is 5. The molecule has 1 rings (SSSR count). The van der Waals surface area contributed by atoms with Crippen molar-refractivity contribution in [1.29, 1.82) is 0 Å². The molecule has 1 aromatic rings. The molecule has 0 heterocycles. The van der Waals surface area contributed by atoms with Crippen LogP contribution in [0.25, 0.3) is 0 Å². The minimum absolute atomic E-state index is 0.0705. The molecule has 0 aliphatic carbocycles. The maximum Gasteiger partial charge on any atom is 0.241 e. The quantitative estimate of drug-likeness (QED) is 0.728. The lowest BCUT2D eigenvalue weighted by Gasteiger charge is -2.22. The summed E-state index contributed by atoms with van der Waals surface area (Å²) in [5.41, 5.74) is 6.77. The van der Waals surface area contributed by atoms with Crippen LogP contribution in [0.5, 0.6) is 0 Å². The molecule has 0 saturated carbocycles. The maximum absolute atomic E-state index is 11.7. The zero-order valence-corrected chi connectivity index (χ0v) is 12.9. The number of carbonyl (C=O) groups excluding carboxylic acids is 1. The first kappa shape index (κ1) is 16.3. The highest BCUT2D eigenvalue weighted by Gasteiger charge is 2.16. The highest BCUT2D eigenvalue weighted by molar-refractivity contribution is 7.89. The van der Waals surface area contributed by atoms with E-state index in [0.717, 1.165) is 0 Å². The maximum atomic E-state index is 11.7. The Morgan fingerprint density at radius 3 is 2.35 bits per heavy atom. The molecule has 0 aliphatic heterocycles. The summed E-state index contributed by atoms with van der Waals surface area (Å²) in [5, 5.41) is 0. The summed E-state index contributed by atoms with van der Waals surface area (Å²) >= 11 is 0. The fourth-order valence-electron chi connectivity index (χ4n) is 1.59. The van der Waals surface area contributed by atoms with Gasteiger partial charge in [0.05, 0.1) is 22.8 Å². The first-order valence-electron chi connectivity index (χ1n) is 5.93. The Kier molecular flexibility index (Phi) is 4.96. The zero-order valence-electron chi connectivity index (χ0n) is 12.0. The molecule has 0 bridgehead atoms. The Bertz CT molecular complexity index is 599. The van der Waals surface area contributed by atoms with E-state index < -0.39 is 10.0 Å². The van der Waals surface area contributed by atoms with Gasteiger partial charge >= 0.3 is 0 Å². The number of nitrogens with two attached hydrogens (primary N) is 1. The van der Waals surface area contributed by atoms with Crippen LogP contribution < -0.4 is 15.4 Å². The van der Waals surface area contributed by atoms with Crippen LogP contribution in [0.2, 0.25) is 0 Å². The van der Waals surface area contributed by atoms with Crippen molar-refractivity contribution in [2.75, 3.05) is 45.4 Å². The first-order valence-corrected chi connectivity index (χ1v) is 7.41. The Hall–Kier alpha value is -1.80. The van der Waals surface area contributed by atoms with Gasteiger partial charge in [-0.15, -0.1) is 0 Å². The largest absolute Gasteiger partial charge is 0.397 e. The third kappa shape index (κ3) is 3.61. The SMILES string of the molecule is CNS(=O)(=O)c1ccc(N(C)CC(=O)N(C)C)c(N)c1. The minimum Gasteiger partial charge on any atom is -0.397 e. The van der Waals surface area contributed by atoms with Crippen LogP contribution in [-0.4, -0.2) is 54.0 Å². The summed E-state index contributed by atoms with van der Waals surface area (Å²) in [5.74, 6) is -0.0705. The molecule has 0 atom stereocenters. The molecule has 0 saturated heterocycles. The van der Waals surface area contributed by atoms with Gasteiger partial charge in [0, 0.05) is 21.1 Å². The molecular formula is C12H20N4O3S. The lowest BCUT2D eigenvalue weighted by Crippen LogP contribution is -2.34. The number of nitrogen functional groups attached to an aromatic ring is 1. The van der Waals surface area contributed by atoms with Crippen LogP contribution in [-0.2, 0) is 14.8 Å². The molecule has 0 spiro atoms. The molecule has 0 aliphatic rings. The van der Waals surface area contributed by atoms with Crippen LogP contribution >= 0.6 is 0 Å². The van der Waals surface area contributed by atoms with Crippen molar-refractivity contribution >= 4 is 27.3 Å². The number of anilines is 2. The second kappa shape index (κ2) is 6.10. The van der Waals surface area contributed by atoms with E-state index in [4.69, 9.17) is 5.73 Å². The van der Waals surface area contributed by atoms with Crippen molar-refractivity contribution in [1.82, 2.24) is 9.62 Å². The molecule has 7 nitrogen and oxygen atoms in total. The molecule has 0 aromatic heterocycles. The van der Waals surface area contributed by atoms with E-state index in [0.29, 0.717) is 11.4 Å². The van der Waals surface area contributed by atoms with Gasteiger partial charge in [-0.3, -0.25) is 4.79 Å². The second-order valence-electron chi connectivity index (χ2n) is 4.57. The number of sulfonamides is 1. The molecule has 8 heteroatoms. The number of likely N-dealkylation sites (N-methyl/N-ethyl adjacent to an activating group) is 2. The van der Waals surface area contributed by atoms with Gasteiger partial charge in [-0.2, -0.15) is 0 Å². The van der Waals surface area contributed by atoms with E-state index in [1.165, 1.54) is 24.1 Å². The van der Waals surface area contributed by atoms with Crippen molar-refractivity contribution in [3.8, 4) is 0 Å². The van der Waals surface area contributed by atoms with Gasteiger partial charge in [0.2, 0.25) is 15.9 Å². The van der Waals surface area contributed by atoms with Gasteiger partial charge in [-0.05, 0) is 25.2 Å². The van der Waals surface area contributed by atoms with Gasteiger partial charge in [0.25, 0.3) is 0 Å². The van der Waals surface area contributed by atoms with E-state index >= 15 is 0 Å². The van der Waals surface area contributed by atoms with Crippen molar-refractivity contribution < 1.29 is 13.2 Å². The molecule has 0 fully saturated rings.